The third-order valence-electron chi connectivity index (χ3n) is 4.02. The molecule has 2 aliphatic rings. The molecule has 0 aliphatic carbocycles. The number of nitrogens with one attached hydrogen (secondary N) is 1. The van der Waals surface area contributed by atoms with Crippen LogP contribution in [0, 0.1) is 11.6 Å². The number of carbonyl (C=O) groups is 3. The third kappa shape index (κ3) is 2.07. The van der Waals surface area contributed by atoms with Crippen molar-refractivity contribution in [3.05, 3.63) is 34.4 Å². The lowest BCUT2D eigenvalue weighted by Crippen LogP contribution is -2.52. The Kier molecular flexibility index (Phi) is 3.40. The summed E-state index contributed by atoms with van der Waals surface area (Å²) in [7, 11) is 0. The molecule has 3 amide bonds. The maximum Gasteiger partial charge on any atom is 0.255 e. The van der Waals surface area contributed by atoms with E-state index in [1.165, 1.54) is 0 Å². The number of piperidine rings is 1. The number of hydrogen-bond acceptors (Lipinski definition) is 4. The Morgan fingerprint density at radius 3 is 2.68 bits per heavy atom. The number of carbonyl (C=O) groups excluding carboxylic acids is 3. The van der Waals surface area contributed by atoms with E-state index in [9.17, 15) is 23.2 Å². The second-order valence-electron chi connectivity index (χ2n) is 5.28. The smallest absolute Gasteiger partial charge is 0.255 e. The third-order valence-corrected chi connectivity index (χ3v) is 4.02. The van der Waals surface area contributed by atoms with Crippen LogP contribution in [0.25, 0.3) is 0 Å². The molecule has 0 aromatic heterocycles. The first-order valence-electron chi connectivity index (χ1n) is 6.78. The standard InChI is InChI=1S/C14H13F2N3O3/c15-9-3-6-8(12(16)7(9)4-17)5-19(14(6)22)10-1-2-11(20)18-13(10)21/h3,10H,1-2,4-5,17H2,(H,18,20,21). The number of fused-ring (bicyclic) bond motifs is 1. The Bertz CT molecular complexity index is 705. The summed E-state index contributed by atoms with van der Waals surface area (Å²) in [6.45, 7) is -0.461. The van der Waals surface area contributed by atoms with E-state index in [-0.39, 0.29) is 42.6 Å². The van der Waals surface area contributed by atoms with Crippen LogP contribution in [-0.4, -0.2) is 28.7 Å². The van der Waals surface area contributed by atoms with Crippen molar-refractivity contribution >= 4 is 17.7 Å². The van der Waals surface area contributed by atoms with Gasteiger partial charge in [0.15, 0.2) is 0 Å². The van der Waals surface area contributed by atoms with Crippen LogP contribution in [-0.2, 0) is 22.7 Å². The van der Waals surface area contributed by atoms with Gasteiger partial charge >= 0.3 is 0 Å². The molecule has 6 nitrogen and oxygen atoms in total. The molecule has 1 atom stereocenters. The fraction of sp³-hybridized carbons (Fsp3) is 0.357. The predicted octanol–water partition coefficient (Wildman–Crippen LogP) is 0.184. The van der Waals surface area contributed by atoms with Crippen molar-refractivity contribution in [2.45, 2.75) is 32.0 Å². The molecule has 116 valence electrons. The summed E-state index contributed by atoms with van der Waals surface area (Å²) >= 11 is 0. The second-order valence-corrected chi connectivity index (χ2v) is 5.28. The van der Waals surface area contributed by atoms with E-state index in [4.69, 9.17) is 5.73 Å². The minimum atomic E-state index is -0.878. The second kappa shape index (κ2) is 5.13. The molecule has 1 fully saturated rings. The van der Waals surface area contributed by atoms with E-state index in [0.29, 0.717) is 0 Å². The molecule has 22 heavy (non-hydrogen) atoms. The van der Waals surface area contributed by atoms with Gasteiger partial charge in [-0.25, -0.2) is 8.78 Å². The van der Waals surface area contributed by atoms with Gasteiger partial charge < -0.3 is 10.6 Å². The number of benzene rings is 1. The van der Waals surface area contributed by atoms with Gasteiger partial charge in [-0.15, -0.1) is 0 Å². The van der Waals surface area contributed by atoms with Gasteiger partial charge in [0.2, 0.25) is 11.8 Å². The van der Waals surface area contributed by atoms with E-state index in [0.717, 1.165) is 11.0 Å². The van der Waals surface area contributed by atoms with E-state index in [1.54, 1.807) is 0 Å². The van der Waals surface area contributed by atoms with Gasteiger partial charge in [-0.05, 0) is 12.5 Å². The molecule has 1 saturated heterocycles. The fourth-order valence-electron chi connectivity index (χ4n) is 2.87. The lowest BCUT2D eigenvalue weighted by atomic mass is 10.0. The molecule has 1 aromatic rings. The summed E-state index contributed by atoms with van der Waals surface area (Å²) in [6.07, 6.45) is 0.264. The molecule has 1 aromatic carbocycles. The molecule has 0 radical (unpaired) electrons. The van der Waals surface area contributed by atoms with Crippen molar-refractivity contribution < 1.29 is 23.2 Å². The maximum atomic E-state index is 14.3. The van der Waals surface area contributed by atoms with Crippen molar-refractivity contribution in [2.75, 3.05) is 0 Å². The highest BCUT2D eigenvalue weighted by molar-refractivity contribution is 6.05. The van der Waals surface area contributed by atoms with Crippen molar-refractivity contribution in [3.8, 4) is 0 Å². The van der Waals surface area contributed by atoms with Crippen molar-refractivity contribution in [1.82, 2.24) is 10.2 Å². The minimum Gasteiger partial charge on any atom is -0.326 e. The summed E-state index contributed by atoms with van der Waals surface area (Å²) in [6, 6.07) is 0.0934. The normalized spacial score (nSPS) is 21.1. The summed E-state index contributed by atoms with van der Waals surface area (Å²) in [5.41, 5.74) is 4.97. The van der Waals surface area contributed by atoms with Crippen LogP contribution in [0.5, 0.6) is 0 Å². The monoisotopic (exact) mass is 309 g/mol. The number of amides is 3. The van der Waals surface area contributed by atoms with E-state index in [1.807, 2.05) is 0 Å². The molecule has 0 bridgehead atoms. The maximum absolute atomic E-state index is 14.3. The van der Waals surface area contributed by atoms with Crippen LogP contribution in [0.2, 0.25) is 0 Å². The van der Waals surface area contributed by atoms with E-state index >= 15 is 0 Å². The topological polar surface area (TPSA) is 92.5 Å². The number of nitrogens with zero attached hydrogens (tertiary/aromatic N) is 1. The molecule has 3 N–H and O–H groups in total. The van der Waals surface area contributed by atoms with Gasteiger partial charge in [0, 0.05) is 24.1 Å². The van der Waals surface area contributed by atoms with Crippen LogP contribution in [0.1, 0.15) is 34.3 Å². The molecule has 1 unspecified atom stereocenters. The van der Waals surface area contributed by atoms with E-state index < -0.39 is 35.4 Å². The highest BCUT2D eigenvalue weighted by Crippen LogP contribution is 2.31. The Hall–Kier alpha value is -2.35. The van der Waals surface area contributed by atoms with Gasteiger partial charge in [-0.2, -0.15) is 0 Å². The van der Waals surface area contributed by atoms with E-state index in [2.05, 4.69) is 5.32 Å². The van der Waals surface area contributed by atoms with Crippen molar-refractivity contribution in [2.24, 2.45) is 5.73 Å². The number of nitrogens with two attached hydrogens (primary N) is 1. The van der Waals surface area contributed by atoms with Gasteiger partial charge in [0.05, 0.1) is 12.1 Å². The zero-order chi connectivity index (χ0) is 16.0. The predicted molar refractivity (Wildman–Crippen MR) is 70.3 cm³/mol. The van der Waals surface area contributed by atoms with Gasteiger partial charge in [0.25, 0.3) is 5.91 Å². The number of hydrogen-bond donors (Lipinski definition) is 2. The molecular formula is C14H13F2N3O3. The Labute approximate surface area is 124 Å². The SMILES string of the molecule is NCc1c(F)cc2c(c1F)CN(C1CCC(=O)NC1=O)C2=O. The molecule has 3 rings (SSSR count). The largest absolute Gasteiger partial charge is 0.326 e. The first-order chi connectivity index (χ1) is 10.4. The number of imide groups is 1. The Morgan fingerprint density at radius 2 is 2.05 bits per heavy atom. The number of rotatable bonds is 2. The van der Waals surface area contributed by atoms with Crippen LogP contribution >= 0.6 is 0 Å². The molecule has 2 aliphatic heterocycles. The summed E-state index contributed by atoms with van der Waals surface area (Å²) in [4.78, 5) is 36.5. The van der Waals surface area contributed by atoms with Crippen LogP contribution in [0.3, 0.4) is 0 Å². The summed E-state index contributed by atoms with van der Waals surface area (Å²) < 4.78 is 28.0. The van der Waals surface area contributed by atoms with Crippen LogP contribution in [0.15, 0.2) is 6.07 Å². The van der Waals surface area contributed by atoms with Crippen molar-refractivity contribution in [1.29, 1.82) is 0 Å². The van der Waals surface area contributed by atoms with Gasteiger partial charge in [0.1, 0.15) is 17.7 Å². The highest BCUT2D eigenvalue weighted by atomic mass is 19.1. The van der Waals surface area contributed by atoms with Gasteiger partial charge in [-0.3, -0.25) is 19.7 Å². The number of halogens is 2. The zero-order valence-corrected chi connectivity index (χ0v) is 11.5. The summed E-state index contributed by atoms with van der Waals surface area (Å²) in [5, 5.41) is 2.14. The molecular weight excluding hydrogens is 296 g/mol. The fourth-order valence-corrected chi connectivity index (χ4v) is 2.87. The lowest BCUT2D eigenvalue weighted by molar-refractivity contribution is -0.136. The average molecular weight is 309 g/mol. The average Bonchev–Trinajstić information content (AvgIpc) is 2.77. The van der Waals surface area contributed by atoms with Crippen LogP contribution < -0.4 is 11.1 Å². The highest BCUT2D eigenvalue weighted by Gasteiger charge is 2.41. The Balaban J connectivity index is 1.96. The quantitative estimate of drug-likeness (QED) is 0.763. The lowest BCUT2D eigenvalue weighted by Gasteiger charge is -2.29. The minimum absolute atomic E-state index is 0.0385. The van der Waals surface area contributed by atoms with Gasteiger partial charge in [-0.1, -0.05) is 0 Å². The first-order valence-corrected chi connectivity index (χ1v) is 6.78. The molecule has 0 saturated carbocycles. The Morgan fingerprint density at radius 1 is 1.32 bits per heavy atom. The zero-order valence-electron chi connectivity index (χ0n) is 11.5. The van der Waals surface area contributed by atoms with Crippen molar-refractivity contribution in [3.63, 3.8) is 0 Å². The molecule has 0 spiro atoms. The van der Waals surface area contributed by atoms with Crippen LogP contribution in [0.4, 0.5) is 8.78 Å². The first kappa shape index (κ1) is 14.6. The molecule has 8 heteroatoms. The molecule has 2 heterocycles. The summed E-state index contributed by atoms with van der Waals surface area (Å²) in [5.74, 6) is -3.35.